The number of phenolic OH excluding ortho intramolecular Hbond substituents is 1. The van der Waals surface area contributed by atoms with Crippen molar-refractivity contribution in [3.8, 4) is 5.75 Å². The van der Waals surface area contributed by atoms with Gasteiger partial charge in [-0.1, -0.05) is 32.9 Å². The molecule has 0 aliphatic carbocycles. The number of phenols is 1. The van der Waals surface area contributed by atoms with Crippen LogP contribution in [0, 0.1) is 0 Å². The van der Waals surface area contributed by atoms with Crippen molar-refractivity contribution in [2.24, 2.45) is 0 Å². The smallest absolute Gasteiger partial charge is 0.255 e. The van der Waals surface area contributed by atoms with Crippen LogP contribution in [0.25, 0.3) is 0 Å². The minimum Gasteiger partial charge on any atom is -0.507 e. The van der Waals surface area contributed by atoms with Crippen molar-refractivity contribution < 1.29 is 15.0 Å². The van der Waals surface area contributed by atoms with Crippen LogP contribution < -0.4 is 5.32 Å². The summed E-state index contributed by atoms with van der Waals surface area (Å²) in [5.41, 5.74) is 0.747. The molecule has 4 heteroatoms. The van der Waals surface area contributed by atoms with Gasteiger partial charge in [0.1, 0.15) is 5.75 Å². The molecule has 0 saturated heterocycles. The van der Waals surface area contributed by atoms with E-state index in [0.717, 1.165) is 5.56 Å². The Bertz CT molecular complexity index is 408. The van der Waals surface area contributed by atoms with Crippen molar-refractivity contribution in [2.45, 2.75) is 26.2 Å². The molecule has 1 rings (SSSR count). The molecule has 0 bridgehead atoms. The minimum atomic E-state index is -0.373. The average Bonchev–Trinajstić information content (AvgIpc) is 2.24. The molecule has 0 aromatic heterocycles. The van der Waals surface area contributed by atoms with E-state index >= 15 is 0 Å². The zero-order valence-electron chi connectivity index (χ0n) is 10.4. The summed E-state index contributed by atoms with van der Waals surface area (Å²) in [5.74, 6) is -0.363. The number of aliphatic hydroxyl groups is 1. The quantitative estimate of drug-likeness (QED) is 0.744. The molecule has 0 saturated carbocycles. The van der Waals surface area contributed by atoms with Crippen molar-refractivity contribution in [1.82, 2.24) is 5.32 Å². The number of aromatic hydroxyl groups is 1. The summed E-state index contributed by atoms with van der Waals surface area (Å²) in [6.07, 6.45) is 0. The Balaban J connectivity index is 3.06. The van der Waals surface area contributed by atoms with Gasteiger partial charge in [-0.2, -0.15) is 0 Å². The lowest BCUT2D eigenvalue weighted by Crippen LogP contribution is -2.27. The predicted octanol–water partition coefficient (Wildman–Crippen LogP) is 1.41. The molecule has 0 radical (unpaired) electrons. The van der Waals surface area contributed by atoms with Gasteiger partial charge >= 0.3 is 0 Å². The van der Waals surface area contributed by atoms with E-state index < -0.39 is 0 Å². The standard InChI is InChI=1S/C13H19NO3/c1-13(2,3)10-6-4-5-9(11(10)16)12(17)14-7-8-15/h4-6,15-16H,7-8H2,1-3H3,(H,14,17). The molecule has 1 aromatic carbocycles. The predicted molar refractivity (Wildman–Crippen MR) is 66.2 cm³/mol. The van der Waals surface area contributed by atoms with E-state index in [1.54, 1.807) is 18.2 Å². The van der Waals surface area contributed by atoms with Gasteiger partial charge in [-0.3, -0.25) is 4.79 Å². The zero-order chi connectivity index (χ0) is 13.1. The highest BCUT2D eigenvalue weighted by Gasteiger charge is 2.21. The molecular weight excluding hydrogens is 218 g/mol. The molecule has 0 aliphatic heterocycles. The number of carbonyl (C=O) groups excluding carboxylic acids is 1. The van der Waals surface area contributed by atoms with Crippen molar-refractivity contribution >= 4 is 5.91 Å². The maximum absolute atomic E-state index is 11.7. The summed E-state index contributed by atoms with van der Waals surface area (Å²) in [4.78, 5) is 11.7. The molecule has 0 atom stereocenters. The van der Waals surface area contributed by atoms with E-state index in [0.29, 0.717) is 0 Å². The third-order valence-electron chi connectivity index (χ3n) is 2.49. The second-order valence-corrected chi connectivity index (χ2v) is 4.93. The van der Waals surface area contributed by atoms with E-state index in [2.05, 4.69) is 5.32 Å². The molecule has 1 amide bonds. The Morgan fingerprint density at radius 2 is 2.00 bits per heavy atom. The van der Waals surface area contributed by atoms with Gasteiger partial charge in [-0.25, -0.2) is 0 Å². The lowest BCUT2D eigenvalue weighted by atomic mass is 9.85. The molecule has 94 valence electrons. The van der Waals surface area contributed by atoms with E-state index in [4.69, 9.17) is 5.11 Å². The number of benzene rings is 1. The first-order chi connectivity index (χ1) is 7.88. The number of rotatable bonds is 3. The maximum Gasteiger partial charge on any atom is 0.255 e. The van der Waals surface area contributed by atoms with Crippen molar-refractivity contribution in [3.63, 3.8) is 0 Å². The summed E-state index contributed by atoms with van der Waals surface area (Å²) in [7, 11) is 0. The fourth-order valence-electron chi connectivity index (χ4n) is 1.60. The molecule has 0 aliphatic rings. The van der Waals surface area contributed by atoms with Crippen molar-refractivity contribution in [1.29, 1.82) is 0 Å². The number of nitrogens with one attached hydrogen (secondary N) is 1. The minimum absolute atomic E-state index is 0.00967. The third kappa shape index (κ3) is 3.20. The molecule has 0 heterocycles. The number of para-hydroxylation sites is 1. The van der Waals surface area contributed by atoms with Gasteiger partial charge in [0, 0.05) is 12.1 Å². The number of aliphatic hydroxyl groups excluding tert-OH is 1. The van der Waals surface area contributed by atoms with Gasteiger partial charge in [-0.05, 0) is 11.5 Å². The summed E-state index contributed by atoms with van der Waals surface area (Å²) in [5, 5.41) is 21.2. The number of carbonyl (C=O) groups is 1. The second-order valence-electron chi connectivity index (χ2n) is 4.93. The van der Waals surface area contributed by atoms with Crippen molar-refractivity contribution in [3.05, 3.63) is 29.3 Å². The van der Waals surface area contributed by atoms with E-state index in [1.165, 1.54) is 0 Å². The molecular formula is C13H19NO3. The van der Waals surface area contributed by atoms with Gasteiger partial charge < -0.3 is 15.5 Å². The molecule has 0 fully saturated rings. The number of hydrogen-bond acceptors (Lipinski definition) is 3. The Morgan fingerprint density at radius 3 is 2.53 bits per heavy atom. The molecule has 3 N–H and O–H groups in total. The highest BCUT2D eigenvalue weighted by atomic mass is 16.3. The average molecular weight is 237 g/mol. The first kappa shape index (κ1) is 13.5. The maximum atomic E-state index is 11.7. The first-order valence-corrected chi connectivity index (χ1v) is 5.59. The Morgan fingerprint density at radius 1 is 1.35 bits per heavy atom. The monoisotopic (exact) mass is 237 g/mol. The molecule has 1 aromatic rings. The van der Waals surface area contributed by atoms with E-state index in [9.17, 15) is 9.90 Å². The summed E-state index contributed by atoms with van der Waals surface area (Å²) >= 11 is 0. The largest absolute Gasteiger partial charge is 0.507 e. The van der Waals surface area contributed by atoms with Crippen LogP contribution in [0.2, 0.25) is 0 Å². The van der Waals surface area contributed by atoms with E-state index in [-0.39, 0.29) is 35.8 Å². The normalized spacial score (nSPS) is 11.3. The van der Waals surface area contributed by atoms with Gasteiger partial charge in [0.2, 0.25) is 0 Å². The second kappa shape index (κ2) is 5.19. The molecule has 4 nitrogen and oxygen atoms in total. The van der Waals surface area contributed by atoms with Crippen LogP contribution in [0.3, 0.4) is 0 Å². The van der Waals surface area contributed by atoms with Crippen LogP contribution in [0.4, 0.5) is 0 Å². The van der Waals surface area contributed by atoms with Crippen LogP contribution in [0.15, 0.2) is 18.2 Å². The van der Waals surface area contributed by atoms with Crippen molar-refractivity contribution in [2.75, 3.05) is 13.2 Å². The van der Waals surface area contributed by atoms with Crippen LogP contribution in [0.5, 0.6) is 5.75 Å². The van der Waals surface area contributed by atoms with Crippen LogP contribution in [0.1, 0.15) is 36.7 Å². The van der Waals surface area contributed by atoms with Gasteiger partial charge in [0.05, 0.1) is 12.2 Å². The summed E-state index contributed by atoms with van der Waals surface area (Å²) in [6.45, 7) is 5.97. The van der Waals surface area contributed by atoms with Crippen LogP contribution in [-0.2, 0) is 5.41 Å². The highest BCUT2D eigenvalue weighted by Crippen LogP contribution is 2.32. The Kier molecular flexibility index (Phi) is 4.12. The lowest BCUT2D eigenvalue weighted by molar-refractivity contribution is 0.0942. The fraction of sp³-hybridized carbons (Fsp3) is 0.462. The van der Waals surface area contributed by atoms with Crippen LogP contribution in [-0.4, -0.2) is 29.3 Å². The number of amides is 1. The van der Waals surface area contributed by atoms with E-state index in [1.807, 2.05) is 20.8 Å². The van der Waals surface area contributed by atoms with Gasteiger partial charge in [0.15, 0.2) is 0 Å². The van der Waals surface area contributed by atoms with Gasteiger partial charge in [0.25, 0.3) is 5.91 Å². The summed E-state index contributed by atoms with van der Waals surface area (Å²) < 4.78 is 0. The zero-order valence-corrected chi connectivity index (χ0v) is 10.4. The lowest BCUT2D eigenvalue weighted by Gasteiger charge is -2.21. The first-order valence-electron chi connectivity index (χ1n) is 5.59. The SMILES string of the molecule is CC(C)(C)c1cccc(C(=O)NCCO)c1O. The fourth-order valence-corrected chi connectivity index (χ4v) is 1.60. The Labute approximate surface area is 101 Å². The summed E-state index contributed by atoms with van der Waals surface area (Å²) in [6, 6.07) is 5.11. The van der Waals surface area contributed by atoms with Crippen LogP contribution >= 0.6 is 0 Å². The number of hydrogen-bond donors (Lipinski definition) is 3. The Hall–Kier alpha value is -1.55. The topological polar surface area (TPSA) is 69.6 Å². The molecule has 0 unspecified atom stereocenters. The highest BCUT2D eigenvalue weighted by molar-refractivity contribution is 5.97. The molecule has 0 spiro atoms. The van der Waals surface area contributed by atoms with Gasteiger partial charge in [-0.15, -0.1) is 0 Å². The molecule has 17 heavy (non-hydrogen) atoms. The third-order valence-corrected chi connectivity index (χ3v) is 2.49.